The molecule has 3 N–H and O–H groups in total. The molecular weight excluding hydrogens is 214 g/mol. The summed E-state index contributed by atoms with van der Waals surface area (Å²) < 4.78 is 0. The van der Waals surface area contributed by atoms with Crippen LogP contribution < -0.4 is 5.73 Å². The van der Waals surface area contributed by atoms with Crippen molar-refractivity contribution in [2.45, 2.75) is 50.8 Å². The highest BCUT2D eigenvalue weighted by atomic mass is 16.3. The van der Waals surface area contributed by atoms with Crippen LogP contribution in [0.2, 0.25) is 0 Å². The third-order valence-corrected chi connectivity index (χ3v) is 4.10. The fourth-order valence-corrected chi connectivity index (χ4v) is 2.60. The average Bonchev–Trinajstić information content (AvgIpc) is 2.64. The highest BCUT2D eigenvalue weighted by molar-refractivity contribution is 4.84. The van der Waals surface area contributed by atoms with Crippen molar-refractivity contribution in [2.24, 2.45) is 5.73 Å². The van der Waals surface area contributed by atoms with Gasteiger partial charge in [0.25, 0.3) is 0 Å². The minimum Gasteiger partial charge on any atom is -0.389 e. The third kappa shape index (κ3) is 4.54. The topological polar surface area (TPSA) is 52.7 Å². The highest BCUT2D eigenvalue weighted by Crippen LogP contribution is 2.19. The first-order chi connectivity index (χ1) is 7.85. The van der Waals surface area contributed by atoms with Crippen LogP contribution in [-0.2, 0) is 0 Å². The summed E-state index contributed by atoms with van der Waals surface area (Å²) in [7, 11) is 4.34. The standard InChI is InChI=1S/C13H29N3O/c1-11(8-13(2,17)10-14)16(4)9-12-6-5-7-15(12)3/h11-12,17H,5-10,14H2,1-4H3. The molecule has 0 aliphatic carbocycles. The summed E-state index contributed by atoms with van der Waals surface area (Å²) >= 11 is 0. The van der Waals surface area contributed by atoms with Crippen molar-refractivity contribution in [2.75, 3.05) is 33.7 Å². The van der Waals surface area contributed by atoms with Gasteiger partial charge in [0, 0.05) is 25.2 Å². The Morgan fingerprint density at radius 2 is 2.24 bits per heavy atom. The first-order valence-electron chi connectivity index (χ1n) is 6.68. The third-order valence-electron chi connectivity index (χ3n) is 4.10. The van der Waals surface area contributed by atoms with E-state index < -0.39 is 5.60 Å². The lowest BCUT2D eigenvalue weighted by molar-refractivity contribution is 0.0302. The first kappa shape index (κ1) is 14.9. The molecule has 4 heteroatoms. The van der Waals surface area contributed by atoms with Gasteiger partial charge in [-0.3, -0.25) is 0 Å². The predicted molar refractivity (Wildman–Crippen MR) is 72.0 cm³/mol. The molecule has 3 unspecified atom stereocenters. The SMILES string of the molecule is CC(CC(C)(O)CN)N(C)CC1CCCN1C. The zero-order valence-electron chi connectivity index (χ0n) is 11.8. The zero-order valence-corrected chi connectivity index (χ0v) is 11.8. The molecule has 0 spiro atoms. The van der Waals surface area contributed by atoms with Crippen LogP contribution >= 0.6 is 0 Å². The summed E-state index contributed by atoms with van der Waals surface area (Å²) in [6.45, 7) is 6.61. The molecule has 4 nitrogen and oxygen atoms in total. The van der Waals surface area contributed by atoms with E-state index in [-0.39, 0.29) is 0 Å². The van der Waals surface area contributed by atoms with E-state index in [4.69, 9.17) is 5.73 Å². The molecule has 1 aliphatic heterocycles. The molecule has 3 atom stereocenters. The van der Waals surface area contributed by atoms with Gasteiger partial charge in [0.2, 0.25) is 0 Å². The number of likely N-dealkylation sites (N-methyl/N-ethyl adjacent to an activating group) is 2. The monoisotopic (exact) mass is 243 g/mol. The van der Waals surface area contributed by atoms with Gasteiger partial charge in [-0.25, -0.2) is 0 Å². The Balaban J connectivity index is 2.38. The van der Waals surface area contributed by atoms with Gasteiger partial charge in [-0.15, -0.1) is 0 Å². The summed E-state index contributed by atoms with van der Waals surface area (Å²) in [5.74, 6) is 0. The number of hydrogen-bond acceptors (Lipinski definition) is 4. The maximum Gasteiger partial charge on any atom is 0.0756 e. The second-order valence-electron chi connectivity index (χ2n) is 5.97. The van der Waals surface area contributed by atoms with Crippen LogP contribution in [0.5, 0.6) is 0 Å². The van der Waals surface area contributed by atoms with E-state index in [1.165, 1.54) is 19.4 Å². The van der Waals surface area contributed by atoms with Crippen molar-refractivity contribution in [3.63, 3.8) is 0 Å². The molecular formula is C13H29N3O. The fraction of sp³-hybridized carbons (Fsp3) is 1.00. The predicted octanol–water partition coefficient (Wildman–Crippen LogP) is 0.501. The Kier molecular flexibility index (Phi) is 5.38. The van der Waals surface area contributed by atoms with Crippen LogP contribution in [0, 0.1) is 0 Å². The first-order valence-corrected chi connectivity index (χ1v) is 6.68. The average molecular weight is 243 g/mol. The molecule has 0 aromatic rings. The van der Waals surface area contributed by atoms with E-state index in [0.29, 0.717) is 18.6 Å². The summed E-state index contributed by atoms with van der Waals surface area (Å²) in [4.78, 5) is 4.78. The van der Waals surface area contributed by atoms with E-state index in [2.05, 4.69) is 30.8 Å². The Bertz CT molecular complexity index is 233. The van der Waals surface area contributed by atoms with Gasteiger partial charge in [-0.2, -0.15) is 0 Å². The quantitative estimate of drug-likeness (QED) is 0.713. The smallest absolute Gasteiger partial charge is 0.0756 e. The van der Waals surface area contributed by atoms with E-state index in [9.17, 15) is 5.11 Å². The highest BCUT2D eigenvalue weighted by Gasteiger charge is 2.27. The van der Waals surface area contributed by atoms with Crippen LogP contribution in [0.4, 0.5) is 0 Å². The second kappa shape index (κ2) is 6.14. The van der Waals surface area contributed by atoms with Gasteiger partial charge in [0.05, 0.1) is 5.60 Å². The Morgan fingerprint density at radius 1 is 1.59 bits per heavy atom. The minimum atomic E-state index is -0.741. The molecule has 0 aromatic heterocycles. The Morgan fingerprint density at radius 3 is 2.71 bits per heavy atom. The lowest BCUT2D eigenvalue weighted by atomic mass is 9.97. The molecule has 0 amide bonds. The van der Waals surface area contributed by atoms with Gasteiger partial charge in [-0.1, -0.05) is 0 Å². The van der Waals surface area contributed by atoms with Crippen LogP contribution in [0.3, 0.4) is 0 Å². The van der Waals surface area contributed by atoms with Crippen molar-refractivity contribution in [1.29, 1.82) is 0 Å². The van der Waals surface area contributed by atoms with Crippen molar-refractivity contribution in [3.05, 3.63) is 0 Å². The molecule has 0 radical (unpaired) electrons. The molecule has 0 saturated carbocycles. The number of aliphatic hydroxyl groups is 1. The molecule has 1 rings (SSSR count). The summed E-state index contributed by atoms with van der Waals surface area (Å²) in [5.41, 5.74) is 4.82. The number of hydrogen-bond donors (Lipinski definition) is 2. The fourth-order valence-electron chi connectivity index (χ4n) is 2.60. The molecule has 0 aromatic carbocycles. The second-order valence-corrected chi connectivity index (χ2v) is 5.97. The minimum absolute atomic E-state index is 0.328. The number of nitrogens with two attached hydrogens (primary N) is 1. The van der Waals surface area contributed by atoms with Crippen molar-refractivity contribution in [1.82, 2.24) is 9.80 Å². The summed E-state index contributed by atoms with van der Waals surface area (Å²) in [5, 5.41) is 9.99. The Hall–Kier alpha value is -0.160. The van der Waals surface area contributed by atoms with Gasteiger partial charge >= 0.3 is 0 Å². The lowest BCUT2D eigenvalue weighted by Gasteiger charge is -2.34. The van der Waals surface area contributed by atoms with Crippen LogP contribution in [0.1, 0.15) is 33.1 Å². The van der Waals surface area contributed by atoms with Gasteiger partial charge in [0.15, 0.2) is 0 Å². The molecule has 102 valence electrons. The molecule has 1 fully saturated rings. The molecule has 0 bridgehead atoms. The number of rotatable bonds is 6. The van der Waals surface area contributed by atoms with E-state index >= 15 is 0 Å². The van der Waals surface area contributed by atoms with Gasteiger partial charge in [-0.05, 0) is 53.8 Å². The van der Waals surface area contributed by atoms with E-state index in [1.807, 2.05) is 6.92 Å². The number of likely N-dealkylation sites (tertiary alicyclic amines) is 1. The number of nitrogens with zero attached hydrogens (tertiary/aromatic N) is 2. The van der Waals surface area contributed by atoms with Gasteiger partial charge in [0.1, 0.15) is 0 Å². The van der Waals surface area contributed by atoms with Crippen molar-refractivity contribution < 1.29 is 5.11 Å². The summed E-state index contributed by atoms with van der Waals surface area (Å²) in [6, 6.07) is 1.04. The Labute approximate surface area is 106 Å². The largest absolute Gasteiger partial charge is 0.389 e. The van der Waals surface area contributed by atoms with Crippen LogP contribution in [0.15, 0.2) is 0 Å². The molecule has 1 aliphatic rings. The van der Waals surface area contributed by atoms with Crippen LogP contribution in [-0.4, -0.2) is 66.3 Å². The maximum absolute atomic E-state index is 9.99. The molecule has 1 saturated heterocycles. The zero-order chi connectivity index (χ0) is 13.1. The van der Waals surface area contributed by atoms with Gasteiger partial charge < -0.3 is 20.6 Å². The summed E-state index contributed by atoms with van der Waals surface area (Å²) in [6.07, 6.45) is 3.33. The molecule has 1 heterocycles. The normalized spacial score (nSPS) is 27.4. The van der Waals surface area contributed by atoms with Crippen molar-refractivity contribution in [3.8, 4) is 0 Å². The van der Waals surface area contributed by atoms with Crippen LogP contribution in [0.25, 0.3) is 0 Å². The van der Waals surface area contributed by atoms with E-state index in [1.54, 1.807) is 0 Å². The van der Waals surface area contributed by atoms with E-state index in [0.717, 1.165) is 13.0 Å². The lowest BCUT2D eigenvalue weighted by Crippen LogP contribution is -2.45. The van der Waals surface area contributed by atoms with Crippen molar-refractivity contribution >= 4 is 0 Å². The maximum atomic E-state index is 9.99. The molecule has 17 heavy (non-hydrogen) atoms.